The van der Waals surface area contributed by atoms with E-state index in [9.17, 15) is 4.79 Å². The first-order valence-electron chi connectivity index (χ1n) is 32.7. The highest BCUT2D eigenvalue weighted by Gasteiger charge is 2.73. The number of carbonyl (C=O) groups excluding carboxylic acids is 1. The van der Waals surface area contributed by atoms with E-state index >= 15 is 0 Å². The molecule has 16 aliphatic rings. The quantitative estimate of drug-likeness (QED) is 0.191. The van der Waals surface area contributed by atoms with E-state index in [0.29, 0.717) is 62.7 Å². The van der Waals surface area contributed by atoms with Crippen molar-refractivity contribution >= 4 is 5.97 Å². The first-order chi connectivity index (χ1) is 39.2. The van der Waals surface area contributed by atoms with E-state index in [2.05, 4.69) is 80.6 Å². The van der Waals surface area contributed by atoms with Crippen LogP contribution in [0.3, 0.4) is 0 Å². The number of rotatable bonds is 5. The van der Waals surface area contributed by atoms with Crippen LogP contribution in [-0.2, 0) is 75.8 Å². The summed E-state index contributed by atoms with van der Waals surface area (Å²) >= 11 is 0. The lowest BCUT2D eigenvalue weighted by atomic mass is 9.79. The predicted molar refractivity (Wildman–Crippen MR) is 296 cm³/mol. The first kappa shape index (κ1) is 56.8. The molecule has 32 atom stereocenters. The van der Waals surface area contributed by atoms with Crippen LogP contribution in [0.5, 0.6) is 0 Å². The summed E-state index contributed by atoms with van der Waals surface area (Å²) in [5, 5.41) is 0. The molecule has 3 spiro atoms. The van der Waals surface area contributed by atoms with E-state index in [1.165, 1.54) is 0 Å². The molecule has 0 aromatic carbocycles. The van der Waals surface area contributed by atoms with Crippen LogP contribution in [0.1, 0.15) is 164 Å². The molecule has 0 amide bonds. The van der Waals surface area contributed by atoms with Crippen LogP contribution in [0.2, 0.25) is 0 Å². The van der Waals surface area contributed by atoms with Gasteiger partial charge in [-0.25, -0.2) is 0 Å². The zero-order valence-corrected chi connectivity index (χ0v) is 50.5. The average Bonchev–Trinajstić information content (AvgIpc) is 1.85. The maximum Gasteiger partial charge on any atom is 0.308 e. The van der Waals surface area contributed by atoms with Crippen molar-refractivity contribution in [3.8, 4) is 0 Å². The van der Waals surface area contributed by atoms with Crippen LogP contribution in [-0.4, -0.2) is 189 Å². The molecular formula is C65H97NO16. The molecule has 0 aromatic heterocycles. The molecule has 458 valence electrons. The highest BCUT2D eigenvalue weighted by atomic mass is 16.8. The Hall–Kier alpha value is -1.65. The minimum atomic E-state index is -0.856. The molecule has 0 aromatic rings. The molecule has 82 heavy (non-hydrogen) atoms. The van der Waals surface area contributed by atoms with Gasteiger partial charge in [-0.3, -0.25) is 4.79 Å². The first-order valence-corrected chi connectivity index (χ1v) is 32.7. The van der Waals surface area contributed by atoms with E-state index in [1.807, 2.05) is 0 Å². The summed E-state index contributed by atoms with van der Waals surface area (Å²) < 4.78 is 105. The fraction of sp³-hybridized carbons (Fsp3) is 0.923. The summed E-state index contributed by atoms with van der Waals surface area (Å²) in [5.41, 5.74) is 1.65. The Labute approximate surface area is 486 Å². The second kappa shape index (κ2) is 21.0. The molecule has 12 bridgehead atoms. The average molecular weight is 1150 g/mol. The monoisotopic (exact) mass is 1150 g/mol. The third kappa shape index (κ3) is 9.92. The minimum Gasteiger partial charge on any atom is -0.459 e. The van der Waals surface area contributed by atoms with Crippen molar-refractivity contribution in [2.24, 2.45) is 35.5 Å². The molecule has 16 heterocycles. The van der Waals surface area contributed by atoms with Crippen molar-refractivity contribution in [1.82, 2.24) is 4.90 Å². The van der Waals surface area contributed by atoms with Crippen molar-refractivity contribution in [3.63, 3.8) is 0 Å². The molecule has 16 fully saturated rings. The van der Waals surface area contributed by atoms with Gasteiger partial charge in [-0.05, 0) is 113 Å². The minimum absolute atomic E-state index is 0.00171. The van der Waals surface area contributed by atoms with Crippen molar-refractivity contribution in [2.75, 3.05) is 20.6 Å². The highest BCUT2D eigenvalue weighted by molar-refractivity contribution is 5.70. The molecule has 0 N–H and O–H groups in total. The third-order valence-corrected chi connectivity index (χ3v) is 23.2. The van der Waals surface area contributed by atoms with Gasteiger partial charge >= 0.3 is 5.97 Å². The number of ether oxygens (including phenoxy) is 15. The van der Waals surface area contributed by atoms with Crippen LogP contribution in [0, 0.1) is 35.5 Å². The molecule has 32 unspecified atom stereocenters. The SMILES string of the molecule is C=C1CC2CCC34CC5(C)OC6C(O3)C3OC(CCC3OC6C5O4)CC(=O)OC3C(CC4OC(CCC1O2)CC(C)C4=C)OC1CC2OC4(CC2OC1C3C)CC1OC2(CC(C)C3OC(C(C)CC(C)CN(C)C)CC3O2)CC(C)C1O4. The van der Waals surface area contributed by atoms with Crippen molar-refractivity contribution in [1.29, 1.82) is 0 Å². The maximum absolute atomic E-state index is 14.7. The van der Waals surface area contributed by atoms with Crippen molar-refractivity contribution in [3.05, 3.63) is 24.3 Å². The Kier molecular flexibility index (Phi) is 14.5. The number of hydrogen-bond acceptors (Lipinski definition) is 17. The smallest absolute Gasteiger partial charge is 0.308 e. The standard InChI is InChI=1S/C65H97NO16/c1-31(29-66(10)11)18-33(3)44-22-49-53(73-44)35(5)25-64(77-49)26-36(6)54-51(78-64)28-65(80-54)27-50-46(76-65)24-48-55(74-50)38(8)56-47(71-48)23-45-37(7)32(2)19-39(69-45)12-14-42-34(4)20-41(68-42)16-17-63-30-62(9)61(82-63)60-59(79-62)58(81-63)57-43(72-60)15-13-40(70-57)21-52(67)75-56/h31-33,35-36,38-51,53-61H,4,7,12-30H2,1-3,5-6,8-11H3. The second-order valence-electron chi connectivity index (χ2n) is 30.2. The van der Waals surface area contributed by atoms with Crippen molar-refractivity contribution in [2.45, 2.75) is 321 Å². The molecule has 17 nitrogen and oxygen atoms in total. The van der Waals surface area contributed by atoms with Gasteiger partial charge in [0.1, 0.15) is 42.2 Å². The van der Waals surface area contributed by atoms with E-state index < -0.39 is 53.5 Å². The fourth-order valence-electron chi connectivity index (χ4n) is 19.7. The molecule has 16 saturated heterocycles. The third-order valence-electron chi connectivity index (χ3n) is 23.2. The largest absolute Gasteiger partial charge is 0.459 e. The van der Waals surface area contributed by atoms with E-state index in [1.54, 1.807) is 0 Å². The topological polar surface area (TPSA) is 159 Å². The summed E-state index contributed by atoms with van der Waals surface area (Å²) in [7, 11) is 4.30. The fourth-order valence-corrected chi connectivity index (χ4v) is 19.7. The Morgan fingerprint density at radius 3 is 2.07 bits per heavy atom. The number of esters is 1. The number of carbonyl (C=O) groups is 1. The number of nitrogens with zero attached hydrogens (tertiary/aromatic N) is 1. The van der Waals surface area contributed by atoms with Crippen LogP contribution < -0.4 is 0 Å². The van der Waals surface area contributed by atoms with Gasteiger partial charge in [0.15, 0.2) is 17.4 Å². The second-order valence-corrected chi connectivity index (χ2v) is 30.2. The highest BCUT2D eigenvalue weighted by Crippen LogP contribution is 2.60. The molecule has 16 aliphatic heterocycles. The molecule has 16 rings (SSSR count). The Morgan fingerprint density at radius 1 is 0.549 bits per heavy atom. The zero-order chi connectivity index (χ0) is 56.5. The van der Waals surface area contributed by atoms with Gasteiger partial charge in [0.05, 0.1) is 104 Å². The van der Waals surface area contributed by atoms with Gasteiger partial charge in [-0.2, -0.15) is 0 Å². The molecule has 0 aliphatic carbocycles. The van der Waals surface area contributed by atoms with Crippen molar-refractivity contribution < 1.29 is 75.8 Å². The zero-order valence-electron chi connectivity index (χ0n) is 50.5. The summed E-state index contributed by atoms with van der Waals surface area (Å²) in [4.78, 5) is 16.9. The predicted octanol–water partition coefficient (Wildman–Crippen LogP) is 8.44. The lowest BCUT2D eigenvalue weighted by Gasteiger charge is -2.51. The lowest BCUT2D eigenvalue weighted by Crippen LogP contribution is -2.62. The Bertz CT molecular complexity index is 2450. The van der Waals surface area contributed by atoms with E-state index in [0.717, 1.165) is 81.9 Å². The van der Waals surface area contributed by atoms with E-state index in [4.69, 9.17) is 71.1 Å². The molecule has 17 heteroatoms. The maximum atomic E-state index is 14.7. The number of fused-ring (bicyclic) bond motifs is 10. The summed E-state index contributed by atoms with van der Waals surface area (Å²) in [5.74, 6) is -1.13. The van der Waals surface area contributed by atoms with Gasteiger partial charge in [0, 0.05) is 70.3 Å². The van der Waals surface area contributed by atoms with Gasteiger partial charge in [-0.15, -0.1) is 0 Å². The van der Waals surface area contributed by atoms with Crippen LogP contribution in [0.4, 0.5) is 0 Å². The van der Waals surface area contributed by atoms with Crippen LogP contribution in [0.25, 0.3) is 0 Å². The van der Waals surface area contributed by atoms with Gasteiger partial charge in [0.25, 0.3) is 0 Å². The van der Waals surface area contributed by atoms with Crippen LogP contribution >= 0.6 is 0 Å². The summed E-state index contributed by atoms with van der Waals surface area (Å²) in [6.45, 7) is 26.1. The molecule has 0 radical (unpaired) electrons. The van der Waals surface area contributed by atoms with Gasteiger partial charge in [0.2, 0.25) is 0 Å². The van der Waals surface area contributed by atoms with Gasteiger partial charge in [-0.1, -0.05) is 54.7 Å². The Balaban J connectivity index is 0.649. The van der Waals surface area contributed by atoms with E-state index in [-0.39, 0.29) is 134 Å². The van der Waals surface area contributed by atoms with Crippen LogP contribution in [0.15, 0.2) is 24.3 Å². The summed E-state index contributed by atoms with van der Waals surface area (Å²) in [6, 6.07) is 0. The normalized spacial score (nSPS) is 56.5. The Morgan fingerprint density at radius 2 is 1.24 bits per heavy atom. The molecule has 0 saturated carbocycles. The lowest BCUT2D eigenvalue weighted by molar-refractivity contribution is -0.347. The number of hydrogen-bond donors (Lipinski definition) is 0. The van der Waals surface area contributed by atoms with Gasteiger partial charge < -0.3 is 76.0 Å². The molecular weight excluding hydrogens is 1050 g/mol. The summed E-state index contributed by atoms with van der Waals surface area (Å²) in [6.07, 6.45) is 8.00.